The van der Waals surface area contributed by atoms with Crippen LogP contribution in [0.1, 0.15) is 53.1 Å². The van der Waals surface area contributed by atoms with E-state index in [1.165, 1.54) is 16.0 Å². The molecule has 234 valence electrons. The molecule has 12 heteroatoms. The predicted octanol–water partition coefficient (Wildman–Crippen LogP) is 2.51. The third-order valence-corrected chi connectivity index (χ3v) is 9.15. The fourth-order valence-corrected chi connectivity index (χ4v) is 6.56. The van der Waals surface area contributed by atoms with Crippen molar-refractivity contribution in [2.45, 2.75) is 44.2 Å². The van der Waals surface area contributed by atoms with E-state index in [-0.39, 0.29) is 48.3 Å². The Morgan fingerprint density at radius 1 is 0.978 bits per heavy atom. The number of piperidine rings is 1. The Bertz CT molecular complexity index is 1600. The lowest BCUT2D eigenvalue weighted by atomic mass is 9.83. The van der Waals surface area contributed by atoms with Crippen LogP contribution in [0.25, 0.3) is 0 Å². The van der Waals surface area contributed by atoms with Gasteiger partial charge in [0.05, 0.1) is 12.1 Å². The van der Waals surface area contributed by atoms with E-state index >= 15 is 0 Å². The number of nitrogens with two attached hydrogens (primary N) is 1. The molecule has 2 aromatic rings. The van der Waals surface area contributed by atoms with Crippen molar-refractivity contribution in [3.63, 3.8) is 0 Å². The number of urea groups is 1. The Hall–Kier alpha value is -4.84. The summed E-state index contributed by atoms with van der Waals surface area (Å²) >= 11 is 0. The van der Waals surface area contributed by atoms with Gasteiger partial charge in [-0.25, -0.2) is 4.79 Å². The van der Waals surface area contributed by atoms with Crippen LogP contribution in [0.3, 0.4) is 0 Å². The van der Waals surface area contributed by atoms with Crippen molar-refractivity contribution in [1.82, 2.24) is 19.6 Å². The van der Waals surface area contributed by atoms with Crippen LogP contribution in [0.4, 0.5) is 10.5 Å². The molecule has 2 fully saturated rings. The molecule has 6 rings (SSSR count). The van der Waals surface area contributed by atoms with E-state index in [0.717, 1.165) is 5.56 Å². The van der Waals surface area contributed by atoms with Crippen molar-refractivity contribution in [3.8, 4) is 0 Å². The van der Waals surface area contributed by atoms with Gasteiger partial charge < -0.3 is 20.6 Å². The topological polar surface area (TPSA) is 157 Å². The van der Waals surface area contributed by atoms with E-state index < -0.39 is 23.9 Å². The minimum absolute atomic E-state index is 0.0167. The summed E-state index contributed by atoms with van der Waals surface area (Å²) in [5.74, 6) is -1.69. The molecule has 2 aromatic carbocycles. The fraction of sp³-hybridized carbons (Fsp3) is 0.394. The highest BCUT2D eigenvalue weighted by molar-refractivity contribution is 6.15. The Morgan fingerprint density at radius 3 is 2.44 bits per heavy atom. The number of piperazine rings is 1. The molecule has 3 N–H and O–H groups in total. The minimum Gasteiger partial charge on any atom is -0.511 e. The number of aliphatic imine (C=N–C) groups is 1. The number of amides is 5. The number of fused-ring (bicyclic) bond motifs is 1. The normalized spacial score (nSPS) is 23.0. The average Bonchev–Trinajstić information content (AvgIpc) is 3.38. The summed E-state index contributed by atoms with van der Waals surface area (Å²) in [6, 6.07) is 13.2. The molecule has 3 heterocycles. The molecule has 5 amide bonds. The Balaban J connectivity index is 0.998. The lowest BCUT2D eigenvalue weighted by Crippen LogP contribution is -2.61. The first-order valence-corrected chi connectivity index (χ1v) is 15.3. The number of allylic oxidation sites excluding steroid dienone is 2. The smallest absolute Gasteiger partial charge is 0.333 e. The molecule has 0 bridgehead atoms. The quantitative estimate of drug-likeness (QED) is 0.286. The number of likely N-dealkylation sites (tertiary alicyclic amines) is 1. The zero-order valence-electron chi connectivity index (χ0n) is 24.9. The van der Waals surface area contributed by atoms with Gasteiger partial charge in [0.1, 0.15) is 11.8 Å². The minimum atomic E-state index is -0.917. The Labute approximate surface area is 260 Å². The summed E-state index contributed by atoms with van der Waals surface area (Å²) in [6.45, 7) is 2.82. The number of nitrogens with zero attached hydrogens (tertiary/aromatic N) is 5. The van der Waals surface area contributed by atoms with E-state index in [9.17, 15) is 29.1 Å². The van der Waals surface area contributed by atoms with Crippen molar-refractivity contribution in [2.24, 2.45) is 4.99 Å². The number of ketones is 1. The van der Waals surface area contributed by atoms with E-state index in [4.69, 9.17) is 5.73 Å². The SMILES string of the molecule is Nc1cccc2c1CN(C1CCC(=O)N(C(=O)N3CCN(CCN=CC4=C(O)CC(c5ccccc5)CC4=O)CC3)C1=O)C2=O. The van der Waals surface area contributed by atoms with Crippen LogP contribution in [0.5, 0.6) is 0 Å². The van der Waals surface area contributed by atoms with Crippen LogP contribution in [0, 0.1) is 0 Å². The van der Waals surface area contributed by atoms with Crippen molar-refractivity contribution < 1.29 is 29.1 Å². The van der Waals surface area contributed by atoms with Crippen molar-refractivity contribution >= 4 is 41.4 Å². The average molecular weight is 613 g/mol. The second-order valence-electron chi connectivity index (χ2n) is 11.9. The Kier molecular flexibility index (Phi) is 8.48. The first kappa shape index (κ1) is 30.2. The molecule has 4 aliphatic rings. The van der Waals surface area contributed by atoms with Crippen molar-refractivity contribution in [2.75, 3.05) is 45.0 Å². The zero-order chi connectivity index (χ0) is 31.7. The Morgan fingerprint density at radius 2 is 1.73 bits per heavy atom. The molecule has 3 aliphatic heterocycles. The van der Waals surface area contributed by atoms with Crippen LogP contribution < -0.4 is 5.73 Å². The third-order valence-electron chi connectivity index (χ3n) is 9.15. The number of anilines is 1. The molecule has 0 aromatic heterocycles. The molecular formula is C33H36N6O6. The van der Waals surface area contributed by atoms with Crippen molar-refractivity contribution in [3.05, 3.63) is 76.6 Å². The summed E-state index contributed by atoms with van der Waals surface area (Å²) in [4.78, 5) is 75.5. The van der Waals surface area contributed by atoms with E-state index in [1.807, 2.05) is 30.3 Å². The number of carbonyl (C=O) groups excluding carboxylic acids is 5. The van der Waals surface area contributed by atoms with E-state index in [0.29, 0.717) is 73.8 Å². The highest BCUT2D eigenvalue weighted by Crippen LogP contribution is 2.34. The number of Topliss-reactive ketones (excluding diaryl/α,β-unsaturated/α-hetero) is 1. The highest BCUT2D eigenvalue weighted by Gasteiger charge is 2.46. The standard InChI is InChI=1S/C33H36N6O6/c34-26-8-4-7-23-25(26)20-38(31(23)43)27-9-10-30(42)39(32(27)44)33(45)37-15-13-36(14-16-37)12-11-35-19-24-28(40)17-22(18-29(24)41)21-5-2-1-3-6-21/h1-8,19,22,27,40H,9-18,20,34H2. The monoisotopic (exact) mass is 612 g/mol. The van der Waals surface area contributed by atoms with Gasteiger partial charge in [-0.2, -0.15) is 4.90 Å². The molecule has 2 atom stereocenters. The van der Waals surface area contributed by atoms with Crippen LogP contribution in [-0.4, -0.2) is 106 Å². The van der Waals surface area contributed by atoms with Gasteiger partial charge in [-0.1, -0.05) is 36.4 Å². The van der Waals surface area contributed by atoms with Gasteiger partial charge in [-0.05, 0) is 30.0 Å². The molecule has 12 nitrogen and oxygen atoms in total. The van der Waals surface area contributed by atoms with Gasteiger partial charge >= 0.3 is 6.03 Å². The van der Waals surface area contributed by atoms with Gasteiger partial charge in [-0.3, -0.25) is 29.1 Å². The number of aliphatic hydroxyl groups excluding tert-OH is 1. The number of nitrogen functional groups attached to an aromatic ring is 1. The number of aliphatic hydroxyl groups is 1. The first-order chi connectivity index (χ1) is 21.7. The molecule has 1 aliphatic carbocycles. The molecule has 0 saturated carbocycles. The summed E-state index contributed by atoms with van der Waals surface area (Å²) in [5.41, 5.74) is 8.89. The largest absolute Gasteiger partial charge is 0.511 e. The second kappa shape index (κ2) is 12.6. The van der Waals surface area contributed by atoms with Gasteiger partial charge in [0.2, 0.25) is 5.91 Å². The lowest BCUT2D eigenvalue weighted by molar-refractivity contribution is -0.148. The lowest BCUT2D eigenvalue weighted by Gasteiger charge is -2.39. The number of hydrogen-bond acceptors (Lipinski definition) is 9. The summed E-state index contributed by atoms with van der Waals surface area (Å²) < 4.78 is 0. The summed E-state index contributed by atoms with van der Waals surface area (Å²) in [5, 5.41) is 10.5. The van der Waals surface area contributed by atoms with Gasteiger partial charge in [-0.15, -0.1) is 0 Å². The van der Waals surface area contributed by atoms with Crippen LogP contribution >= 0.6 is 0 Å². The summed E-state index contributed by atoms with van der Waals surface area (Å²) in [7, 11) is 0. The van der Waals surface area contributed by atoms with Gasteiger partial charge in [0, 0.05) is 81.6 Å². The van der Waals surface area contributed by atoms with Crippen LogP contribution in [0.2, 0.25) is 0 Å². The first-order valence-electron chi connectivity index (χ1n) is 15.3. The molecule has 45 heavy (non-hydrogen) atoms. The number of hydrogen-bond donors (Lipinski definition) is 2. The van der Waals surface area contributed by atoms with E-state index in [2.05, 4.69) is 9.89 Å². The molecule has 0 radical (unpaired) electrons. The number of rotatable bonds is 6. The molecular weight excluding hydrogens is 576 g/mol. The van der Waals surface area contributed by atoms with Crippen molar-refractivity contribution in [1.29, 1.82) is 0 Å². The second-order valence-corrected chi connectivity index (χ2v) is 11.9. The maximum absolute atomic E-state index is 13.5. The maximum atomic E-state index is 13.5. The van der Waals surface area contributed by atoms with Gasteiger partial charge in [0.25, 0.3) is 11.8 Å². The summed E-state index contributed by atoms with van der Waals surface area (Å²) in [6.07, 6.45) is 2.32. The fourth-order valence-electron chi connectivity index (χ4n) is 6.56. The highest BCUT2D eigenvalue weighted by atomic mass is 16.3. The number of imide groups is 3. The van der Waals surface area contributed by atoms with E-state index in [1.54, 1.807) is 18.2 Å². The molecule has 2 unspecified atom stereocenters. The molecule has 0 spiro atoms. The zero-order valence-corrected chi connectivity index (χ0v) is 24.9. The number of benzene rings is 2. The maximum Gasteiger partial charge on any atom is 0.333 e. The molecule has 2 saturated heterocycles. The predicted molar refractivity (Wildman–Crippen MR) is 165 cm³/mol. The third kappa shape index (κ3) is 5.97. The van der Waals surface area contributed by atoms with Crippen LogP contribution in [0.15, 0.2) is 64.9 Å². The number of carbonyl (C=O) groups is 5. The van der Waals surface area contributed by atoms with Crippen LogP contribution in [-0.2, 0) is 20.9 Å². The van der Waals surface area contributed by atoms with Gasteiger partial charge in [0.15, 0.2) is 5.78 Å².